The van der Waals surface area contributed by atoms with Crippen LogP contribution in [0, 0.1) is 0 Å². The van der Waals surface area contributed by atoms with Crippen molar-refractivity contribution < 1.29 is 14.6 Å². The summed E-state index contributed by atoms with van der Waals surface area (Å²) in [5.41, 5.74) is 0.438. The molecule has 0 aromatic carbocycles. The molecule has 0 fully saturated rings. The molecule has 0 aliphatic carbocycles. The summed E-state index contributed by atoms with van der Waals surface area (Å²) in [6, 6.07) is 0. The van der Waals surface area contributed by atoms with Gasteiger partial charge in [-0.25, -0.2) is 0 Å². The number of Topliss-reactive ketones (excluding diaryl/α,β-unsaturated/α-hetero) is 1. The van der Waals surface area contributed by atoms with Gasteiger partial charge in [-0.05, 0) is 6.92 Å². The molecule has 3 nitrogen and oxygen atoms in total. The number of carbonyl (C=O) groups excluding carboxylic acids is 1. The Morgan fingerprint density at radius 1 is 1.70 bits per heavy atom. The van der Waals surface area contributed by atoms with Crippen LogP contribution in [0.2, 0.25) is 0 Å². The predicted octanol–water partition coefficient (Wildman–Crippen LogP) is 0.140. The first kappa shape index (κ1) is 9.33. The summed E-state index contributed by atoms with van der Waals surface area (Å²) in [5, 5.41) is 8.28. The van der Waals surface area contributed by atoms with E-state index < -0.39 is 0 Å². The monoisotopic (exact) mass is 144 g/mol. The number of aliphatic hydroxyl groups excluding tert-OH is 1. The quantitative estimate of drug-likeness (QED) is 0.441. The Morgan fingerprint density at radius 2 is 2.30 bits per heavy atom. The zero-order chi connectivity index (χ0) is 7.98. The molecule has 3 heteroatoms. The van der Waals surface area contributed by atoms with E-state index in [-0.39, 0.29) is 25.6 Å². The summed E-state index contributed by atoms with van der Waals surface area (Å²) in [6.07, 6.45) is 0. The van der Waals surface area contributed by atoms with E-state index in [1.165, 1.54) is 6.92 Å². The van der Waals surface area contributed by atoms with Gasteiger partial charge in [-0.3, -0.25) is 4.79 Å². The summed E-state index contributed by atoms with van der Waals surface area (Å²) < 4.78 is 4.84. The van der Waals surface area contributed by atoms with Crippen molar-refractivity contribution in [2.75, 3.05) is 19.8 Å². The smallest absolute Gasteiger partial charge is 0.157 e. The topological polar surface area (TPSA) is 46.5 Å². The minimum Gasteiger partial charge on any atom is -0.394 e. The Hall–Kier alpha value is -0.670. The van der Waals surface area contributed by atoms with Crippen LogP contribution in [0.25, 0.3) is 0 Å². The third-order valence-corrected chi connectivity index (χ3v) is 1.01. The Labute approximate surface area is 60.3 Å². The molecule has 0 saturated carbocycles. The molecule has 0 aliphatic heterocycles. The van der Waals surface area contributed by atoms with Crippen LogP contribution in [0.3, 0.4) is 0 Å². The van der Waals surface area contributed by atoms with Crippen LogP contribution in [0.15, 0.2) is 12.2 Å². The number of rotatable bonds is 5. The first-order valence-electron chi connectivity index (χ1n) is 3.05. The second-order valence-electron chi connectivity index (χ2n) is 1.94. The van der Waals surface area contributed by atoms with Gasteiger partial charge in [0.2, 0.25) is 0 Å². The van der Waals surface area contributed by atoms with Gasteiger partial charge < -0.3 is 9.84 Å². The minimum absolute atomic E-state index is 0.0226. The van der Waals surface area contributed by atoms with Crippen molar-refractivity contribution >= 4 is 5.78 Å². The summed E-state index contributed by atoms with van der Waals surface area (Å²) in [6.45, 7) is 5.36. The molecular weight excluding hydrogens is 132 g/mol. The lowest BCUT2D eigenvalue weighted by Gasteiger charge is -2.00. The summed E-state index contributed by atoms with van der Waals surface area (Å²) in [7, 11) is 0. The molecule has 0 radical (unpaired) electrons. The highest BCUT2D eigenvalue weighted by Crippen LogP contribution is 1.91. The maximum atomic E-state index is 10.5. The lowest BCUT2D eigenvalue weighted by molar-refractivity contribution is -0.114. The van der Waals surface area contributed by atoms with Gasteiger partial charge in [0.15, 0.2) is 5.78 Å². The van der Waals surface area contributed by atoms with Crippen LogP contribution in [-0.4, -0.2) is 30.7 Å². The minimum atomic E-state index is -0.0714. The van der Waals surface area contributed by atoms with E-state index in [1.807, 2.05) is 0 Å². The fourth-order valence-electron chi connectivity index (χ4n) is 0.362. The van der Waals surface area contributed by atoms with Crippen LogP contribution in [0.5, 0.6) is 0 Å². The third kappa shape index (κ3) is 4.23. The highest BCUT2D eigenvalue weighted by Gasteiger charge is 1.98. The molecule has 0 aromatic rings. The first-order valence-corrected chi connectivity index (χ1v) is 3.05. The van der Waals surface area contributed by atoms with Gasteiger partial charge >= 0.3 is 0 Å². The van der Waals surface area contributed by atoms with Crippen molar-refractivity contribution in [2.24, 2.45) is 0 Å². The fourth-order valence-corrected chi connectivity index (χ4v) is 0.362. The third-order valence-electron chi connectivity index (χ3n) is 1.01. The lowest BCUT2D eigenvalue weighted by Crippen LogP contribution is -2.07. The average molecular weight is 144 g/mol. The average Bonchev–Trinajstić information content (AvgIpc) is 1.88. The second-order valence-corrected chi connectivity index (χ2v) is 1.94. The van der Waals surface area contributed by atoms with Gasteiger partial charge in [-0.1, -0.05) is 6.58 Å². The molecule has 0 saturated heterocycles. The highest BCUT2D eigenvalue weighted by molar-refractivity contribution is 5.92. The van der Waals surface area contributed by atoms with E-state index in [9.17, 15) is 4.79 Å². The summed E-state index contributed by atoms with van der Waals surface area (Å²) >= 11 is 0. The van der Waals surface area contributed by atoms with Crippen LogP contribution in [-0.2, 0) is 9.53 Å². The molecule has 0 heterocycles. The molecule has 0 unspecified atom stereocenters. The van der Waals surface area contributed by atoms with E-state index >= 15 is 0 Å². The molecule has 0 aliphatic rings. The van der Waals surface area contributed by atoms with E-state index in [0.29, 0.717) is 5.57 Å². The van der Waals surface area contributed by atoms with Gasteiger partial charge in [0, 0.05) is 5.57 Å². The van der Waals surface area contributed by atoms with E-state index in [2.05, 4.69) is 6.58 Å². The molecule has 0 amide bonds. The summed E-state index contributed by atoms with van der Waals surface area (Å²) in [4.78, 5) is 10.5. The number of aliphatic hydroxyl groups is 1. The normalized spacial score (nSPS) is 9.40. The zero-order valence-electron chi connectivity index (χ0n) is 6.09. The summed E-state index contributed by atoms with van der Waals surface area (Å²) in [5.74, 6) is -0.0714. The number of ketones is 1. The first-order chi connectivity index (χ1) is 4.68. The van der Waals surface area contributed by atoms with Crippen molar-refractivity contribution in [3.05, 3.63) is 12.2 Å². The molecule has 10 heavy (non-hydrogen) atoms. The lowest BCUT2D eigenvalue weighted by atomic mass is 10.2. The molecule has 58 valence electrons. The second kappa shape index (κ2) is 5.14. The Bertz CT molecular complexity index is 129. The van der Waals surface area contributed by atoms with Crippen molar-refractivity contribution in [1.82, 2.24) is 0 Å². The Morgan fingerprint density at radius 3 is 2.70 bits per heavy atom. The van der Waals surface area contributed by atoms with Crippen LogP contribution >= 0.6 is 0 Å². The fraction of sp³-hybridized carbons (Fsp3) is 0.571. The standard InChI is InChI=1S/C7H12O3/c1-6(7(2)9)5-10-4-3-8/h8H,1,3-5H2,2H3. The predicted molar refractivity (Wildman–Crippen MR) is 37.7 cm³/mol. The van der Waals surface area contributed by atoms with E-state index in [0.717, 1.165) is 0 Å². The maximum Gasteiger partial charge on any atom is 0.157 e. The van der Waals surface area contributed by atoms with Gasteiger partial charge in [-0.15, -0.1) is 0 Å². The van der Waals surface area contributed by atoms with Gasteiger partial charge in [0.05, 0.1) is 19.8 Å². The van der Waals surface area contributed by atoms with E-state index in [1.54, 1.807) is 0 Å². The molecule has 0 atom stereocenters. The van der Waals surface area contributed by atoms with Gasteiger partial charge in [-0.2, -0.15) is 0 Å². The molecular formula is C7H12O3. The highest BCUT2D eigenvalue weighted by atomic mass is 16.5. The van der Waals surface area contributed by atoms with Crippen molar-refractivity contribution in [3.63, 3.8) is 0 Å². The zero-order valence-corrected chi connectivity index (χ0v) is 6.09. The van der Waals surface area contributed by atoms with Crippen molar-refractivity contribution in [1.29, 1.82) is 0 Å². The van der Waals surface area contributed by atoms with Crippen molar-refractivity contribution in [3.8, 4) is 0 Å². The number of carbonyl (C=O) groups is 1. The number of hydrogen-bond acceptors (Lipinski definition) is 3. The SMILES string of the molecule is C=C(COCCO)C(C)=O. The van der Waals surface area contributed by atoms with Crippen LogP contribution < -0.4 is 0 Å². The molecule has 0 spiro atoms. The maximum absolute atomic E-state index is 10.5. The molecule has 0 rings (SSSR count). The molecule has 0 bridgehead atoms. The van der Waals surface area contributed by atoms with Crippen LogP contribution in [0.1, 0.15) is 6.92 Å². The van der Waals surface area contributed by atoms with Crippen molar-refractivity contribution in [2.45, 2.75) is 6.92 Å². The molecule has 0 aromatic heterocycles. The van der Waals surface area contributed by atoms with E-state index in [4.69, 9.17) is 9.84 Å². The Balaban J connectivity index is 3.31. The van der Waals surface area contributed by atoms with Crippen LogP contribution in [0.4, 0.5) is 0 Å². The number of ether oxygens (including phenoxy) is 1. The van der Waals surface area contributed by atoms with Gasteiger partial charge in [0.25, 0.3) is 0 Å². The Kier molecular flexibility index (Phi) is 4.80. The molecule has 1 N–H and O–H groups in total. The van der Waals surface area contributed by atoms with Gasteiger partial charge in [0.1, 0.15) is 0 Å². The number of hydrogen-bond donors (Lipinski definition) is 1. The largest absolute Gasteiger partial charge is 0.394 e.